The third-order valence-electron chi connectivity index (χ3n) is 4.61. The lowest BCUT2D eigenvalue weighted by Gasteiger charge is -2.34. The second-order valence-corrected chi connectivity index (χ2v) is 5.75. The number of hydrogen-bond donors (Lipinski definition) is 1. The predicted octanol–water partition coefficient (Wildman–Crippen LogP) is 2.15. The Balaban J connectivity index is 1.56. The quantitative estimate of drug-likeness (QED) is 0.881. The average molecular weight is 258 g/mol. The molecule has 2 heterocycles. The second-order valence-electron chi connectivity index (χ2n) is 5.75. The monoisotopic (exact) mass is 258 g/mol. The van der Waals surface area contributed by atoms with Gasteiger partial charge < -0.3 is 10.2 Å². The fourth-order valence-corrected chi connectivity index (χ4v) is 3.42. The minimum Gasteiger partial charge on any atom is -0.339 e. The number of hydrogen-bond acceptors (Lipinski definition) is 2. The lowest BCUT2D eigenvalue weighted by atomic mass is 9.83. The van der Waals surface area contributed by atoms with Crippen molar-refractivity contribution in [2.75, 3.05) is 26.2 Å². The van der Waals surface area contributed by atoms with E-state index < -0.39 is 0 Å². The van der Waals surface area contributed by atoms with Crippen molar-refractivity contribution in [2.24, 2.45) is 11.8 Å². The summed E-state index contributed by atoms with van der Waals surface area (Å²) in [5.74, 6) is 1.85. The van der Waals surface area contributed by atoms with E-state index in [2.05, 4.69) is 5.32 Å². The highest BCUT2D eigenvalue weighted by atomic mass is 16.2. The first-order valence-corrected chi connectivity index (χ1v) is 7.39. The van der Waals surface area contributed by atoms with Crippen LogP contribution in [0.3, 0.4) is 0 Å². The molecule has 1 N–H and O–H groups in total. The van der Waals surface area contributed by atoms with E-state index in [0.29, 0.717) is 0 Å². The lowest BCUT2D eigenvalue weighted by molar-refractivity contribution is 0.0663. The van der Waals surface area contributed by atoms with E-state index in [1.54, 1.807) is 0 Å². The molecule has 0 radical (unpaired) electrons. The zero-order valence-corrected chi connectivity index (χ0v) is 11.3. The minimum atomic E-state index is 0.198. The second kappa shape index (κ2) is 5.74. The van der Waals surface area contributed by atoms with Crippen molar-refractivity contribution < 1.29 is 4.79 Å². The van der Waals surface area contributed by atoms with Crippen molar-refractivity contribution >= 4 is 5.91 Å². The third kappa shape index (κ3) is 2.81. The van der Waals surface area contributed by atoms with Crippen molar-refractivity contribution in [3.05, 3.63) is 35.9 Å². The molecule has 0 bridgehead atoms. The van der Waals surface area contributed by atoms with Gasteiger partial charge in [0.2, 0.25) is 0 Å². The third-order valence-corrected chi connectivity index (χ3v) is 4.61. The smallest absolute Gasteiger partial charge is 0.253 e. The molecule has 1 unspecified atom stereocenters. The molecule has 1 aromatic rings. The van der Waals surface area contributed by atoms with Gasteiger partial charge in [-0.3, -0.25) is 4.79 Å². The zero-order valence-electron chi connectivity index (χ0n) is 11.3. The van der Waals surface area contributed by atoms with Gasteiger partial charge in [0.05, 0.1) is 0 Å². The number of amides is 1. The first-order chi connectivity index (χ1) is 9.34. The summed E-state index contributed by atoms with van der Waals surface area (Å²) in [7, 11) is 0. The highest BCUT2D eigenvalue weighted by Crippen LogP contribution is 2.29. The largest absolute Gasteiger partial charge is 0.339 e. The molecule has 2 saturated heterocycles. The Hall–Kier alpha value is -1.35. The normalized spacial score (nSPS) is 24.6. The van der Waals surface area contributed by atoms with E-state index in [0.717, 1.165) is 30.5 Å². The van der Waals surface area contributed by atoms with Crippen LogP contribution in [0.4, 0.5) is 0 Å². The Morgan fingerprint density at radius 2 is 1.79 bits per heavy atom. The van der Waals surface area contributed by atoms with Crippen LogP contribution in [0.2, 0.25) is 0 Å². The predicted molar refractivity (Wildman–Crippen MR) is 76.0 cm³/mol. The van der Waals surface area contributed by atoms with E-state index in [9.17, 15) is 4.79 Å². The number of likely N-dealkylation sites (tertiary alicyclic amines) is 1. The van der Waals surface area contributed by atoms with Crippen LogP contribution in [0.1, 0.15) is 29.6 Å². The first kappa shape index (κ1) is 12.7. The van der Waals surface area contributed by atoms with Gasteiger partial charge in [-0.05, 0) is 56.3 Å². The van der Waals surface area contributed by atoms with Crippen molar-refractivity contribution in [1.29, 1.82) is 0 Å². The van der Waals surface area contributed by atoms with Gasteiger partial charge in [0.25, 0.3) is 5.91 Å². The molecule has 3 rings (SSSR count). The van der Waals surface area contributed by atoms with Crippen LogP contribution < -0.4 is 5.32 Å². The molecule has 1 amide bonds. The summed E-state index contributed by atoms with van der Waals surface area (Å²) in [6.07, 6.45) is 3.66. The summed E-state index contributed by atoms with van der Waals surface area (Å²) in [6, 6.07) is 9.65. The maximum absolute atomic E-state index is 12.3. The average Bonchev–Trinajstić information content (AvgIpc) is 3.02. The van der Waals surface area contributed by atoms with Gasteiger partial charge >= 0.3 is 0 Å². The standard InChI is InChI=1S/C16H22N2O/c19-16(14-4-2-1-3-5-14)18-10-7-13(8-11-18)15-6-9-17-12-15/h1-5,13,15,17H,6-12H2. The number of benzene rings is 1. The summed E-state index contributed by atoms with van der Waals surface area (Å²) in [6.45, 7) is 4.20. The van der Waals surface area contributed by atoms with E-state index in [-0.39, 0.29) is 5.91 Å². The number of carbonyl (C=O) groups is 1. The van der Waals surface area contributed by atoms with Crippen molar-refractivity contribution in [2.45, 2.75) is 19.3 Å². The van der Waals surface area contributed by atoms with Gasteiger partial charge in [0, 0.05) is 18.7 Å². The van der Waals surface area contributed by atoms with Crippen molar-refractivity contribution in [1.82, 2.24) is 10.2 Å². The summed E-state index contributed by atoms with van der Waals surface area (Å²) >= 11 is 0. The lowest BCUT2D eigenvalue weighted by Crippen LogP contribution is -2.40. The van der Waals surface area contributed by atoms with Gasteiger partial charge in [-0.1, -0.05) is 18.2 Å². The molecule has 0 saturated carbocycles. The van der Waals surface area contributed by atoms with Crippen molar-refractivity contribution in [3.8, 4) is 0 Å². The van der Waals surface area contributed by atoms with E-state index in [1.807, 2.05) is 35.2 Å². The van der Waals surface area contributed by atoms with Crippen LogP contribution in [-0.4, -0.2) is 37.0 Å². The van der Waals surface area contributed by atoms with Crippen LogP contribution >= 0.6 is 0 Å². The first-order valence-electron chi connectivity index (χ1n) is 7.39. The number of carbonyl (C=O) groups excluding carboxylic acids is 1. The summed E-state index contributed by atoms with van der Waals surface area (Å²) in [5, 5.41) is 3.45. The maximum atomic E-state index is 12.3. The molecular weight excluding hydrogens is 236 g/mol. The Labute approximate surface area is 115 Å². The zero-order chi connectivity index (χ0) is 13.1. The Morgan fingerprint density at radius 3 is 2.42 bits per heavy atom. The molecule has 3 nitrogen and oxygen atoms in total. The highest BCUT2D eigenvalue weighted by molar-refractivity contribution is 5.94. The highest BCUT2D eigenvalue weighted by Gasteiger charge is 2.30. The fourth-order valence-electron chi connectivity index (χ4n) is 3.42. The minimum absolute atomic E-state index is 0.198. The molecule has 1 aromatic carbocycles. The topological polar surface area (TPSA) is 32.3 Å². The molecule has 3 heteroatoms. The number of nitrogens with zero attached hydrogens (tertiary/aromatic N) is 1. The summed E-state index contributed by atoms with van der Waals surface area (Å²) < 4.78 is 0. The van der Waals surface area contributed by atoms with Crippen LogP contribution in [0.25, 0.3) is 0 Å². The number of rotatable bonds is 2. The molecule has 0 aromatic heterocycles. The fraction of sp³-hybridized carbons (Fsp3) is 0.562. The summed E-state index contributed by atoms with van der Waals surface area (Å²) in [4.78, 5) is 14.4. The van der Waals surface area contributed by atoms with E-state index >= 15 is 0 Å². The summed E-state index contributed by atoms with van der Waals surface area (Å²) in [5.41, 5.74) is 0.823. The van der Waals surface area contributed by atoms with Crippen LogP contribution in [0.5, 0.6) is 0 Å². The van der Waals surface area contributed by atoms with Gasteiger partial charge in [-0.15, -0.1) is 0 Å². The molecule has 2 aliphatic rings. The molecule has 2 aliphatic heterocycles. The van der Waals surface area contributed by atoms with Gasteiger partial charge in [-0.2, -0.15) is 0 Å². The molecular formula is C16H22N2O. The SMILES string of the molecule is O=C(c1ccccc1)N1CCC(C2CCNC2)CC1. The molecule has 1 atom stereocenters. The van der Waals surface area contributed by atoms with Crippen LogP contribution in [0, 0.1) is 11.8 Å². The molecule has 0 aliphatic carbocycles. The van der Waals surface area contributed by atoms with Gasteiger partial charge in [0.15, 0.2) is 0 Å². The Kier molecular flexibility index (Phi) is 3.83. The van der Waals surface area contributed by atoms with Crippen LogP contribution in [0.15, 0.2) is 30.3 Å². The van der Waals surface area contributed by atoms with E-state index in [4.69, 9.17) is 0 Å². The van der Waals surface area contributed by atoms with Gasteiger partial charge in [0.1, 0.15) is 0 Å². The molecule has 2 fully saturated rings. The van der Waals surface area contributed by atoms with E-state index in [1.165, 1.54) is 32.4 Å². The number of nitrogens with one attached hydrogen (secondary N) is 1. The van der Waals surface area contributed by atoms with Gasteiger partial charge in [-0.25, -0.2) is 0 Å². The molecule has 19 heavy (non-hydrogen) atoms. The maximum Gasteiger partial charge on any atom is 0.253 e. The molecule has 102 valence electrons. The number of piperidine rings is 1. The van der Waals surface area contributed by atoms with Crippen LogP contribution in [-0.2, 0) is 0 Å². The van der Waals surface area contributed by atoms with Crippen molar-refractivity contribution in [3.63, 3.8) is 0 Å². The Bertz CT molecular complexity index is 418. The Morgan fingerprint density at radius 1 is 1.05 bits per heavy atom. The molecule has 0 spiro atoms.